The van der Waals surface area contributed by atoms with Gasteiger partial charge < -0.3 is 15.5 Å². The monoisotopic (exact) mass is 176 g/mol. The molecule has 8 heteroatoms. The highest BCUT2D eigenvalue weighted by atomic mass is 31.2. The largest absolute Gasteiger partial charge is 0.395 e. The number of rotatable bonds is 1. The number of hydrogen-bond acceptors (Lipinski definition) is 5. The van der Waals surface area contributed by atoms with Crippen LogP contribution in [0.3, 0.4) is 0 Å². The van der Waals surface area contributed by atoms with Crippen molar-refractivity contribution in [3.63, 3.8) is 0 Å². The van der Waals surface area contributed by atoms with E-state index in [9.17, 15) is 4.57 Å². The SMILES string of the molecule is Nc1cnnnc1P(=O)(O)O. The van der Waals surface area contributed by atoms with E-state index in [0.717, 1.165) is 6.20 Å². The number of nitrogen functional groups attached to an aromatic ring is 1. The van der Waals surface area contributed by atoms with Crippen molar-refractivity contribution in [2.45, 2.75) is 0 Å². The third-order valence-electron chi connectivity index (χ3n) is 0.922. The van der Waals surface area contributed by atoms with Gasteiger partial charge in [-0.25, -0.2) is 0 Å². The first-order valence-corrected chi connectivity index (χ1v) is 4.13. The summed E-state index contributed by atoms with van der Waals surface area (Å²) in [5, 5.41) is 9.37. The summed E-state index contributed by atoms with van der Waals surface area (Å²) in [5.74, 6) is 0. The van der Waals surface area contributed by atoms with E-state index >= 15 is 0 Å². The minimum Gasteiger partial charge on any atom is -0.395 e. The van der Waals surface area contributed by atoms with Crippen LogP contribution in [0.2, 0.25) is 0 Å². The average molecular weight is 176 g/mol. The molecule has 11 heavy (non-hydrogen) atoms. The average Bonchev–Trinajstić information content (AvgIpc) is 1.86. The summed E-state index contributed by atoms with van der Waals surface area (Å²) in [6, 6.07) is 0. The molecule has 60 valence electrons. The minimum atomic E-state index is -4.39. The summed E-state index contributed by atoms with van der Waals surface area (Å²) >= 11 is 0. The molecule has 0 saturated carbocycles. The topological polar surface area (TPSA) is 122 Å². The van der Waals surface area contributed by atoms with Crippen molar-refractivity contribution in [1.29, 1.82) is 0 Å². The molecule has 1 aromatic rings. The van der Waals surface area contributed by atoms with Crippen LogP contribution in [-0.4, -0.2) is 25.2 Å². The van der Waals surface area contributed by atoms with Crippen molar-refractivity contribution in [2.75, 3.05) is 5.73 Å². The van der Waals surface area contributed by atoms with Crippen LogP contribution in [0.15, 0.2) is 6.20 Å². The van der Waals surface area contributed by atoms with Crippen molar-refractivity contribution in [1.82, 2.24) is 15.4 Å². The Hall–Kier alpha value is -1.04. The van der Waals surface area contributed by atoms with Crippen LogP contribution in [-0.2, 0) is 4.57 Å². The fourth-order valence-electron chi connectivity index (χ4n) is 0.498. The molecule has 1 aromatic heterocycles. The van der Waals surface area contributed by atoms with E-state index in [1.165, 1.54) is 0 Å². The molecule has 0 aliphatic rings. The van der Waals surface area contributed by atoms with Crippen molar-refractivity contribution in [3.8, 4) is 0 Å². The second kappa shape index (κ2) is 2.54. The Labute approximate surface area is 61.4 Å². The summed E-state index contributed by atoms with van der Waals surface area (Å²) < 4.78 is 10.5. The Balaban J connectivity index is 3.25. The quantitative estimate of drug-likeness (QED) is 0.434. The van der Waals surface area contributed by atoms with E-state index in [1.54, 1.807) is 0 Å². The maximum atomic E-state index is 10.5. The Bertz CT molecular complexity index is 309. The Morgan fingerprint density at radius 3 is 2.55 bits per heavy atom. The lowest BCUT2D eigenvalue weighted by Crippen LogP contribution is -2.16. The predicted octanol–water partition coefficient (Wildman–Crippen LogP) is -1.74. The highest BCUT2D eigenvalue weighted by Gasteiger charge is 2.22. The number of anilines is 1. The molecule has 0 amide bonds. The molecule has 0 aromatic carbocycles. The zero-order valence-electron chi connectivity index (χ0n) is 5.25. The van der Waals surface area contributed by atoms with Crippen LogP contribution >= 0.6 is 7.60 Å². The Morgan fingerprint density at radius 2 is 2.18 bits per heavy atom. The summed E-state index contributed by atoms with van der Waals surface area (Å²) in [6.07, 6.45) is 1.03. The molecule has 4 N–H and O–H groups in total. The molecule has 0 atom stereocenters. The third-order valence-corrected chi connectivity index (χ3v) is 1.82. The third kappa shape index (κ3) is 1.70. The van der Waals surface area contributed by atoms with Gasteiger partial charge in [0.15, 0.2) is 0 Å². The Kier molecular flexibility index (Phi) is 1.86. The Morgan fingerprint density at radius 1 is 1.55 bits per heavy atom. The predicted molar refractivity (Wildman–Crippen MR) is 35.9 cm³/mol. The van der Waals surface area contributed by atoms with Crippen LogP contribution in [0.5, 0.6) is 0 Å². The normalized spacial score (nSPS) is 11.5. The van der Waals surface area contributed by atoms with E-state index in [0.29, 0.717) is 0 Å². The first-order valence-electron chi connectivity index (χ1n) is 2.52. The molecular formula is C3H5N4O3P. The molecule has 0 spiro atoms. The molecule has 1 heterocycles. The van der Waals surface area contributed by atoms with Gasteiger partial charge in [-0.05, 0) is 5.21 Å². The van der Waals surface area contributed by atoms with Crippen LogP contribution in [0.4, 0.5) is 5.69 Å². The second-order valence-electron chi connectivity index (χ2n) is 1.76. The number of nitrogens with two attached hydrogens (primary N) is 1. The van der Waals surface area contributed by atoms with E-state index in [4.69, 9.17) is 15.5 Å². The summed E-state index contributed by atoms with van der Waals surface area (Å²) in [4.78, 5) is 17.1. The summed E-state index contributed by atoms with van der Waals surface area (Å²) in [5.41, 5.74) is 4.46. The van der Waals surface area contributed by atoms with Gasteiger partial charge in [0.1, 0.15) is 0 Å². The van der Waals surface area contributed by atoms with Gasteiger partial charge in [0.05, 0.1) is 11.9 Å². The van der Waals surface area contributed by atoms with Crippen LogP contribution < -0.4 is 11.2 Å². The van der Waals surface area contributed by atoms with Gasteiger partial charge in [0.2, 0.25) is 5.44 Å². The van der Waals surface area contributed by atoms with Gasteiger partial charge in [0.25, 0.3) is 0 Å². The summed E-state index contributed by atoms with van der Waals surface area (Å²) in [7, 11) is -4.39. The first-order chi connectivity index (χ1) is 5.02. The molecule has 0 radical (unpaired) electrons. The van der Waals surface area contributed by atoms with Gasteiger partial charge in [-0.15, -0.1) is 10.2 Å². The van der Waals surface area contributed by atoms with E-state index in [2.05, 4.69) is 15.4 Å². The molecule has 0 aliphatic heterocycles. The highest BCUT2D eigenvalue weighted by Crippen LogP contribution is 2.33. The summed E-state index contributed by atoms with van der Waals surface area (Å²) in [6.45, 7) is 0. The molecule has 1 rings (SSSR count). The standard InChI is InChI=1S/C3H5N4O3P/c4-2-1-5-7-6-3(2)11(8,9)10/h1H,(H2,4,7)(H2,8,9,10). The fraction of sp³-hybridized carbons (Fsp3) is 0. The van der Waals surface area contributed by atoms with Crippen molar-refractivity contribution in [3.05, 3.63) is 6.20 Å². The van der Waals surface area contributed by atoms with E-state index < -0.39 is 13.0 Å². The zero-order valence-corrected chi connectivity index (χ0v) is 6.14. The highest BCUT2D eigenvalue weighted by molar-refractivity contribution is 7.60. The number of nitrogens with zero attached hydrogens (tertiary/aromatic N) is 3. The lowest BCUT2D eigenvalue weighted by Gasteiger charge is -2.02. The second-order valence-corrected chi connectivity index (χ2v) is 3.27. The number of aromatic nitrogens is 3. The van der Waals surface area contributed by atoms with Gasteiger partial charge in [0, 0.05) is 0 Å². The van der Waals surface area contributed by atoms with Gasteiger partial charge in [-0.3, -0.25) is 4.57 Å². The fourth-order valence-corrected chi connectivity index (χ4v) is 1.05. The smallest absolute Gasteiger partial charge is 0.378 e. The zero-order chi connectivity index (χ0) is 8.48. The lowest BCUT2D eigenvalue weighted by atomic mass is 10.6. The minimum absolute atomic E-state index is 0.159. The molecule has 0 fully saturated rings. The number of hydrogen-bond donors (Lipinski definition) is 3. The molecule has 0 unspecified atom stereocenters. The van der Waals surface area contributed by atoms with E-state index in [-0.39, 0.29) is 5.69 Å². The van der Waals surface area contributed by atoms with Crippen LogP contribution in [0.1, 0.15) is 0 Å². The molecule has 7 nitrogen and oxygen atoms in total. The van der Waals surface area contributed by atoms with Crippen molar-refractivity contribution >= 4 is 18.7 Å². The van der Waals surface area contributed by atoms with Crippen molar-refractivity contribution < 1.29 is 14.4 Å². The maximum absolute atomic E-state index is 10.5. The first kappa shape index (κ1) is 8.06. The van der Waals surface area contributed by atoms with Gasteiger partial charge in [-0.2, -0.15) is 0 Å². The van der Waals surface area contributed by atoms with Crippen molar-refractivity contribution in [2.24, 2.45) is 0 Å². The van der Waals surface area contributed by atoms with Crippen LogP contribution in [0, 0.1) is 0 Å². The van der Waals surface area contributed by atoms with Gasteiger partial charge in [-0.1, -0.05) is 0 Å². The molecule has 0 saturated heterocycles. The van der Waals surface area contributed by atoms with Gasteiger partial charge >= 0.3 is 7.60 Å². The maximum Gasteiger partial charge on any atom is 0.378 e. The molecular weight excluding hydrogens is 171 g/mol. The van der Waals surface area contributed by atoms with Crippen LogP contribution in [0.25, 0.3) is 0 Å². The lowest BCUT2D eigenvalue weighted by molar-refractivity contribution is 0.386. The molecule has 0 aliphatic carbocycles. The van der Waals surface area contributed by atoms with E-state index in [1.807, 2.05) is 0 Å². The molecule has 0 bridgehead atoms.